The maximum Gasteiger partial charge on any atom is 0.320 e. The lowest BCUT2D eigenvalue weighted by Gasteiger charge is -2.45. The Hall–Kier alpha value is -1.34. The second-order valence-electron chi connectivity index (χ2n) is 7.44. The summed E-state index contributed by atoms with van der Waals surface area (Å²) in [6.07, 6.45) is 1.44. The van der Waals surface area contributed by atoms with Crippen LogP contribution in [0.3, 0.4) is 0 Å². The molecule has 146 valence electrons. The van der Waals surface area contributed by atoms with Gasteiger partial charge in [0.1, 0.15) is 6.61 Å². The third-order valence-corrected chi connectivity index (χ3v) is 6.08. The maximum atomic E-state index is 12.7. The van der Waals surface area contributed by atoms with Crippen molar-refractivity contribution >= 4 is 35.0 Å². The van der Waals surface area contributed by atoms with E-state index < -0.39 is 0 Å². The number of hydrogen-bond donors (Lipinski definition) is 0. The Labute approximate surface area is 168 Å². The Morgan fingerprint density at radius 2 is 2.04 bits per heavy atom. The molecule has 1 aromatic rings. The van der Waals surface area contributed by atoms with Crippen molar-refractivity contribution in [3.63, 3.8) is 0 Å². The molecule has 2 amide bonds. The summed E-state index contributed by atoms with van der Waals surface area (Å²) >= 11 is 12.0. The lowest BCUT2D eigenvalue weighted by atomic mass is 9.88. The van der Waals surface area contributed by atoms with Gasteiger partial charge in [-0.3, -0.25) is 4.79 Å². The summed E-state index contributed by atoms with van der Waals surface area (Å²) in [5.41, 5.74) is 0.884. The molecule has 2 atom stereocenters. The highest BCUT2D eigenvalue weighted by molar-refractivity contribution is 6.35. The number of amides is 2. The predicted molar refractivity (Wildman–Crippen MR) is 101 cm³/mol. The summed E-state index contributed by atoms with van der Waals surface area (Å²) in [4.78, 5) is 27.9. The van der Waals surface area contributed by atoms with Crippen LogP contribution in [0, 0.1) is 5.92 Å². The molecule has 6 nitrogen and oxygen atoms in total. The van der Waals surface area contributed by atoms with E-state index in [1.54, 1.807) is 17.0 Å². The SMILES string of the molecule is O=C1CO[C@H]2CCN(C(=O)N3CC(OCc4ccc(Cl)cc4Cl)C3)C[C@H]2C1. The maximum absolute atomic E-state index is 12.7. The second kappa shape index (κ2) is 7.95. The van der Waals surface area contributed by atoms with Crippen molar-refractivity contribution in [3.8, 4) is 0 Å². The number of urea groups is 1. The molecular formula is C19H22Cl2N2O4. The number of carbonyl (C=O) groups is 2. The largest absolute Gasteiger partial charge is 0.370 e. The van der Waals surface area contributed by atoms with Crippen LogP contribution in [0.15, 0.2) is 18.2 Å². The summed E-state index contributed by atoms with van der Waals surface area (Å²) in [6, 6.07) is 5.36. The number of carbonyl (C=O) groups excluding carboxylic acids is 2. The van der Waals surface area contributed by atoms with Gasteiger partial charge in [-0.15, -0.1) is 0 Å². The summed E-state index contributed by atoms with van der Waals surface area (Å²) in [7, 11) is 0. The smallest absolute Gasteiger partial charge is 0.320 e. The normalized spacial score (nSPS) is 25.9. The zero-order valence-corrected chi connectivity index (χ0v) is 16.4. The van der Waals surface area contributed by atoms with Crippen molar-refractivity contribution in [2.24, 2.45) is 5.92 Å². The number of ketones is 1. The van der Waals surface area contributed by atoms with Crippen LogP contribution in [0.4, 0.5) is 4.79 Å². The summed E-state index contributed by atoms with van der Waals surface area (Å²) in [5.74, 6) is 0.258. The van der Waals surface area contributed by atoms with E-state index in [1.165, 1.54) is 0 Å². The minimum atomic E-state index is 0.0119. The number of likely N-dealkylation sites (tertiary alicyclic amines) is 2. The fraction of sp³-hybridized carbons (Fsp3) is 0.579. The van der Waals surface area contributed by atoms with Crippen molar-refractivity contribution < 1.29 is 19.1 Å². The molecule has 0 bridgehead atoms. The molecule has 0 saturated carbocycles. The molecule has 0 unspecified atom stereocenters. The quantitative estimate of drug-likeness (QED) is 0.765. The van der Waals surface area contributed by atoms with Crippen LogP contribution < -0.4 is 0 Å². The van der Waals surface area contributed by atoms with Crippen LogP contribution in [0.2, 0.25) is 10.0 Å². The van der Waals surface area contributed by atoms with Gasteiger partial charge in [0, 0.05) is 35.5 Å². The van der Waals surface area contributed by atoms with Gasteiger partial charge in [-0.2, -0.15) is 0 Å². The Balaban J connectivity index is 1.23. The number of hydrogen-bond acceptors (Lipinski definition) is 4. The summed E-state index contributed by atoms with van der Waals surface area (Å²) in [6.45, 7) is 3.04. The highest BCUT2D eigenvalue weighted by atomic mass is 35.5. The molecule has 4 rings (SSSR count). The Morgan fingerprint density at radius 1 is 1.22 bits per heavy atom. The summed E-state index contributed by atoms with van der Waals surface area (Å²) in [5, 5.41) is 1.18. The number of halogens is 2. The van der Waals surface area contributed by atoms with E-state index in [-0.39, 0.29) is 36.5 Å². The number of benzene rings is 1. The number of piperidine rings is 1. The average molecular weight is 413 g/mol. The van der Waals surface area contributed by atoms with Crippen molar-refractivity contribution in [3.05, 3.63) is 33.8 Å². The van der Waals surface area contributed by atoms with Crippen LogP contribution in [0.25, 0.3) is 0 Å². The molecule has 27 heavy (non-hydrogen) atoms. The zero-order chi connectivity index (χ0) is 19.0. The van der Waals surface area contributed by atoms with E-state index >= 15 is 0 Å². The molecule has 0 N–H and O–H groups in total. The van der Waals surface area contributed by atoms with Crippen LogP contribution in [0.1, 0.15) is 18.4 Å². The molecule has 0 aromatic heterocycles. The third kappa shape index (κ3) is 4.24. The van der Waals surface area contributed by atoms with Gasteiger partial charge in [0.05, 0.1) is 31.9 Å². The molecule has 0 aliphatic carbocycles. The van der Waals surface area contributed by atoms with Crippen LogP contribution >= 0.6 is 23.2 Å². The van der Waals surface area contributed by atoms with Gasteiger partial charge in [0.2, 0.25) is 0 Å². The second-order valence-corrected chi connectivity index (χ2v) is 8.29. The molecule has 3 aliphatic heterocycles. The number of rotatable bonds is 3. The standard InChI is InChI=1S/C19H22Cl2N2O4/c20-14-2-1-12(17(21)6-14)10-26-16-8-23(9-16)19(25)22-4-3-18-13(7-22)5-15(24)11-27-18/h1-2,6,13,16,18H,3-5,7-11H2/t13-,18+/m1/s1. The molecule has 1 aromatic carbocycles. The third-order valence-electron chi connectivity index (χ3n) is 5.49. The number of Topliss-reactive ketones (excluding diaryl/α,β-unsaturated/α-hetero) is 1. The topological polar surface area (TPSA) is 59.1 Å². The number of ether oxygens (including phenoxy) is 2. The fourth-order valence-corrected chi connectivity index (χ4v) is 4.36. The first-order valence-electron chi connectivity index (χ1n) is 9.22. The van der Waals surface area contributed by atoms with E-state index in [0.29, 0.717) is 49.3 Å². The van der Waals surface area contributed by atoms with E-state index in [0.717, 1.165) is 12.0 Å². The molecule has 3 heterocycles. The van der Waals surface area contributed by atoms with Crippen LogP contribution in [-0.2, 0) is 20.9 Å². The van der Waals surface area contributed by atoms with Gasteiger partial charge in [-0.05, 0) is 24.1 Å². The molecule has 3 saturated heterocycles. The van der Waals surface area contributed by atoms with E-state index in [9.17, 15) is 9.59 Å². The molecule has 0 spiro atoms. The minimum absolute atomic E-state index is 0.0119. The lowest BCUT2D eigenvalue weighted by Crippen LogP contribution is -2.61. The number of nitrogens with zero attached hydrogens (tertiary/aromatic N) is 2. The summed E-state index contributed by atoms with van der Waals surface area (Å²) < 4.78 is 11.4. The Morgan fingerprint density at radius 3 is 2.81 bits per heavy atom. The molecule has 8 heteroatoms. The van der Waals surface area contributed by atoms with Crippen molar-refractivity contribution in [1.82, 2.24) is 9.80 Å². The first kappa shape index (κ1) is 19.0. The Kier molecular flexibility index (Phi) is 5.60. The lowest BCUT2D eigenvalue weighted by molar-refractivity contribution is -0.140. The van der Waals surface area contributed by atoms with Gasteiger partial charge in [-0.25, -0.2) is 4.79 Å². The monoisotopic (exact) mass is 412 g/mol. The van der Waals surface area contributed by atoms with Gasteiger partial charge in [-0.1, -0.05) is 29.3 Å². The van der Waals surface area contributed by atoms with E-state index in [1.807, 2.05) is 11.0 Å². The number of fused-ring (bicyclic) bond motifs is 1. The molecule has 3 aliphatic rings. The fourth-order valence-electron chi connectivity index (χ4n) is 3.90. The van der Waals surface area contributed by atoms with Crippen molar-refractivity contribution in [1.29, 1.82) is 0 Å². The predicted octanol–water partition coefficient (Wildman–Crippen LogP) is 2.99. The van der Waals surface area contributed by atoms with Crippen LogP contribution in [0.5, 0.6) is 0 Å². The van der Waals surface area contributed by atoms with Gasteiger partial charge < -0.3 is 19.3 Å². The molecular weight excluding hydrogens is 391 g/mol. The van der Waals surface area contributed by atoms with Crippen molar-refractivity contribution in [2.45, 2.75) is 31.7 Å². The van der Waals surface area contributed by atoms with Crippen LogP contribution in [-0.4, -0.2) is 66.6 Å². The zero-order valence-electron chi connectivity index (χ0n) is 14.9. The minimum Gasteiger partial charge on any atom is -0.370 e. The van der Waals surface area contributed by atoms with Gasteiger partial charge in [0.25, 0.3) is 0 Å². The van der Waals surface area contributed by atoms with Gasteiger partial charge in [0.15, 0.2) is 5.78 Å². The highest BCUT2D eigenvalue weighted by Gasteiger charge is 2.40. The first-order valence-corrected chi connectivity index (χ1v) is 9.98. The van der Waals surface area contributed by atoms with E-state index in [2.05, 4.69) is 0 Å². The van der Waals surface area contributed by atoms with Crippen molar-refractivity contribution in [2.75, 3.05) is 32.8 Å². The molecule has 0 radical (unpaired) electrons. The average Bonchev–Trinajstić information content (AvgIpc) is 2.61. The highest BCUT2D eigenvalue weighted by Crippen LogP contribution is 2.29. The first-order chi connectivity index (χ1) is 13.0. The van der Waals surface area contributed by atoms with E-state index in [4.69, 9.17) is 32.7 Å². The Bertz CT molecular complexity index is 738. The molecule has 3 fully saturated rings. The van der Waals surface area contributed by atoms with Gasteiger partial charge >= 0.3 is 6.03 Å².